The molecule has 0 amide bonds. The van der Waals surface area contributed by atoms with E-state index >= 15 is 0 Å². The quantitative estimate of drug-likeness (QED) is 0.856. The summed E-state index contributed by atoms with van der Waals surface area (Å²) in [5, 5.41) is 0. The monoisotopic (exact) mass is 389 g/mol. The minimum Gasteiger partial charge on any atom is -0.207 e. The average molecular weight is 390 g/mol. The molecule has 0 saturated carbocycles. The molecule has 0 aliphatic heterocycles. The number of benzene rings is 2. The Labute approximate surface area is 136 Å². The lowest BCUT2D eigenvalue weighted by Gasteiger charge is -2.15. The highest BCUT2D eigenvalue weighted by Gasteiger charge is 2.19. The molecule has 0 radical (unpaired) electrons. The molecule has 0 fully saturated rings. The minimum atomic E-state index is -3.76. The minimum absolute atomic E-state index is 0.114. The second-order valence-corrected chi connectivity index (χ2v) is 7.50. The second-order valence-electron chi connectivity index (χ2n) is 4.93. The lowest BCUT2D eigenvalue weighted by atomic mass is 10.1. The first-order valence-corrected chi connectivity index (χ1v) is 8.72. The molecule has 0 bridgehead atoms. The Balaban J connectivity index is 2.27. The zero-order valence-electron chi connectivity index (χ0n) is 11.9. The molecule has 2 aromatic rings. The number of nitrogens with one attached hydrogen (secondary N) is 1. The second kappa shape index (κ2) is 6.44. The van der Waals surface area contributed by atoms with Crippen LogP contribution in [0.4, 0.5) is 8.78 Å². The molecule has 0 heterocycles. The van der Waals surface area contributed by atoms with E-state index in [0.29, 0.717) is 5.56 Å². The Morgan fingerprint density at radius 3 is 2.36 bits per heavy atom. The van der Waals surface area contributed by atoms with E-state index in [1.807, 2.05) is 0 Å². The van der Waals surface area contributed by atoms with Crippen molar-refractivity contribution in [1.29, 1.82) is 0 Å². The standard InChI is InChI=1S/C15H14BrF2NO2S/c1-9-7-12(4-5-13(9)16)22(20,21)19-10(2)11-3-6-14(17)15(18)8-11/h3-8,10,19H,1-2H3/t10-/m1/s1. The van der Waals surface area contributed by atoms with Crippen molar-refractivity contribution >= 4 is 26.0 Å². The van der Waals surface area contributed by atoms with Crippen LogP contribution in [0.25, 0.3) is 0 Å². The van der Waals surface area contributed by atoms with E-state index in [4.69, 9.17) is 0 Å². The lowest BCUT2D eigenvalue weighted by molar-refractivity contribution is 0.504. The molecule has 2 rings (SSSR count). The van der Waals surface area contributed by atoms with E-state index in [9.17, 15) is 17.2 Å². The normalized spacial score (nSPS) is 13.1. The predicted molar refractivity (Wildman–Crippen MR) is 84.0 cm³/mol. The molecular weight excluding hydrogens is 376 g/mol. The topological polar surface area (TPSA) is 46.2 Å². The average Bonchev–Trinajstić information content (AvgIpc) is 2.44. The van der Waals surface area contributed by atoms with Crippen LogP contribution in [0.2, 0.25) is 0 Å². The van der Waals surface area contributed by atoms with E-state index < -0.39 is 27.7 Å². The molecule has 0 spiro atoms. The van der Waals surface area contributed by atoms with E-state index in [0.717, 1.165) is 22.2 Å². The Morgan fingerprint density at radius 2 is 1.77 bits per heavy atom. The van der Waals surface area contributed by atoms with Gasteiger partial charge >= 0.3 is 0 Å². The van der Waals surface area contributed by atoms with Crippen LogP contribution in [0, 0.1) is 18.6 Å². The van der Waals surface area contributed by atoms with Crippen molar-refractivity contribution in [3.8, 4) is 0 Å². The number of hydrogen-bond donors (Lipinski definition) is 1. The molecular formula is C15H14BrF2NO2S. The molecule has 2 aromatic carbocycles. The third-order valence-corrected chi connectivity index (χ3v) is 5.64. The first-order valence-electron chi connectivity index (χ1n) is 6.44. The number of aryl methyl sites for hydroxylation is 1. The van der Waals surface area contributed by atoms with Gasteiger partial charge in [0.15, 0.2) is 11.6 Å². The van der Waals surface area contributed by atoms with Crippen molar-refractivity contribution in [2.45, 2.75) is 24.8 Å². The molecule has 1 atom stereocenters. The van der Waals surface area contributed by atoms with Gasteiger partial charge in [0.1, 0.15) is 0 Å². The maximum Gasteiger partial charge on any atom is 0.241 e. The molecule has 0 saturated heterocycles. The number of rotatable bonds is 4. The van der Waals surface area contributed by atoms with E-state index in [-0.39, 0.29) is 4.90 Å². The summed E-state index contributed by atoms with van der Waals surface area (Å²) in [5.41, 5.74) is 1.12. The smallest absolute Gasteiger partial charge is 0.207 e. The summed E-state index contributed by atoms with van der Waals surface area (Å²) in [5.74, 6) is -1.98. The molecule has 0 aliphatic rings. The van der Waals surface area contributed by atoms with Gasteiger partial charge in [0, 0.05) is 10.5 Å². The third-order valence-electron chi connectivity index (χ3n) is 3.22. The zero-order valence-corrected chi connectivity index (χ0v) is 14.3. The first-order chi connectivity index (χ1) is 10.2. The zero-order chi connectivity index (χ0) is 16.5. The van der Waals surface area contributed by atoms with Crippen LogP contribution in [0.1, 0.15) is 24.1 Å². The molecule has 0 unspecified atom stereocenters. The van der Waals surface area contributed by atoms with Crippen molar-refractivity contribution in [1.82, 2.24) is 4.72 Å². The Morgan fingerprint density at radius 1 is 1.09 bits per heavy atom. The van der Waals surface area contributed by atoms with Crippen molar-refractivity contribution in [2.75, 3.05) is 0 Å². The largest absolute Gasteiger partial charge is 0.241 e. The Kier molecular flexibility index (Phi) is 4.99. The van der Waals surface area contributed by atoms with Gasteiger partial charge in [-0.25, -0.2) is 21.9 Å². The summed E-state index contributed by atoms with van der Waals surface area (Å²) in [6.45, 7) is 3.35. The van der Waals surface area contributed by atoms with Gasteiger partial charge in [-0.3, -0.25) is 0 Å². The van der Waals surface area contributed by atoms with Crippen LogP contribution in [0.3, 0.4) is 0 Å². The fourth-order valence-corrected chi connectivity index (χ4v) is 3.50. The van der Waals surface area contributed by atoms with E-state index in [2.05, 4.69) is 20.7 Å². The number of sulfonamides is 1. The van der Waals surface area contributed by atoms with E-state index in [1.165, 1.54) is 18.2 Å². The molecule has 0 aromatic heterocycles. The molecule has 1 N–H and O–H groups in total. The van der Waals surface area contributed by atoms with Gasteiger partial charge < -0.3 is 0 Å². The summed E-state index contributed by atoms with van der Waals surface area (Å²) in [4.78, 5) is 0.114. The predicted octanol–water partition coefficient (Wildman–Crippen LogP) is 4.08. The van der Waals surface area contributed by atoms with Crippen LogP contribution in [0.5, 0.6) is 0 Å². The number of hydrogen-bond acceptors (Lipinski definition) is 2. The molecule has 7 heteroatoms. The fraction of sp³-hybridized carbons (Fsp3) is 0.200. The number of halogens is 3. The maximum absolute atomic E-state index is 13.2. The van der Waals surface area contributed by atoms with Crippen molar-refractivity contribution in [3.05, 3.63) is 63.6 Å². The highest BCUT2D eigenvalue weighted by atomic mass is 79.9. The Bertz CT molecular complexity index is 809. The van der Waals surface area contributed by atoms with Gasteiger partial charge in [-0.05, 0) is 55.3 Å². The van der Waals surface area contributed by atoms with Crippen molar-refractivity contribution < 1.29 is 17.2 Å². The van der Waals surface area contributed by atoms with Crippen molar-refractivity contribution in [2.24, 2.45) is 0 Å². The summed E-state index contributed by atoms with van der Waals surface area (Å²) >= 11 is 3.31. The first kappa shape index (κ1) is 17.1. The van der Waals surface area contributed by atoms with Gasteiger partial charge in [0.05, 0.1) is 4.90 Å². The SMILES string of the molecule is Cc1cc(S(=O)(=O)N[C@H](C)c2ccc(F)c(F)c2)ccc1Br. The van der Waals surface area contributed by atoms with Gasteiger partial charge in [-0.1, -0.05) is 22.0 Å². The molecule has 118 valence electrons. The molecule has 22 heavy (non-hydrogen) atoms. The lowest BCUT2D eigenvalue weighted by Crippen LogP contribution is -2.27. The van der Waals surface area contributed by atoms with Crippen LogP contribution in [-0.2, 0) is 10.0 Å². The summed E-state index contributed by atoms with van der Waals surface area (Å²) < 4.78 is 54.1. The van der Waals surface area contributed by atoms with Gasteiger partial charge in [0.25, 0.3) is 0 Å². The Hall–Kier alpha value is -1.31. The highest BCUT2D eigenvalue weighted by molar-refractivity contribution is 9.10. The van der Waals surface area contributed by atoms with Gasteiger partial charge in [0.2, 0.25) is 10.0 Å². The van der Waals surface area contributed by atoms with Crippen LogP contribution in [0.15, 0.2) is 45.8 Å². The van der Waals surface area contributed by atoms with Crippen LogP contribution >= 0.6 is 15.9 Å². The third kappa shape index (κ3) is 3.71. The highest BCUT2D eigenvalue weighted by Crippen LogP contribution is 2.22. The molecule has 3 nitrogen and oxygen atoms in total. The van der Waals surface area contributed by atoms with Crippen LogP contribution < -0.4 is 4.72 Å². The molecule has 0 aliphatic carbocycles. The van der Waals surface area contributed by atoms with Gasteiger partial charge in [-0.15, -0.1) is 0 Å². The summed E-state index contributed by atoms with van der Waals surface area (Å²) in [6.07, 6.45) is 0. The van der Waals surface area contributed by atoms with E-state index in [1.54, 1.807) is 19.9 Å². The summed E-state index contributed by atoms with van der Waals surface area (Å²) in [6, 6.07) is 7.25. The van der Waals surface area contributed by atoms with Crippen molar-refractivity contribution in [3.63, 3.8) is 0 Å². The maximum atomic E-state index is 13.2. The summed E-state index contributed by atoms with van der Waals surface area (Å²) in [7, 11) is -3.76. The van der Waals surface area contributed by atoms with Crippen LogP contribution in [-0.4, -0.2) is 8.42 Å². The van der Waals surface area contributed by atoms with Gasteiger partial charge in [-0.2, -0.15) is 0 Å². The fourth-order valence-electron chi connectivity index (χ4n) is 1.93.